The van der Waals surface area contributed by atoms with E-state index in [9.17, 15) is 18.0 Å². The summed E-state index contributed by atoms with van der Waals surface area (Å²) in [5, 5.41) is 11.3. The molecule has 7 nitrogen and oxygen atoms in total. The molecule has 3 aromatic rings. The molecule has 0 aliphatic carbocycles. The minimum Gasteiger partial charge on any atom is -0.497 e. The molecule has 2 aromatic carbocycles. The normalized spacial score (nSPS) is 14.5. The summed E-state index contributed by atoms with van der Waals surface area (Å²) in [6.07, 6.45) is -3.44. The quantitative estimate of drug-likeness (QED) is 0.527. The number of nitrogens with one attached hydrogen (secondary N) is 1. The van der Waals surface area contributed by atoms with Gasteiger partial charge < -0.3 is 19.7 Å². The van der Waals surface area contributed by atoms with Gasteiger partial charge in [-0.05, 0) is 67.4 Å². The standard InChI is InChI=1S/C25H25F3N4O3/c1-34-19-6-3-16(4-7-19)20-8-10-23(31-30-20)32-13-11-17(12-14-32)24(33)29-21-15-18(25(26,27)28)5-9-22(21)35-2/h3-10,15,17H,11-14H2,1-2H3,(H,29,33). The van der Waals surface area contributed by atoms with E-state index in [4.69, 9.17) is 9.47 Å². The largest absolute Gasteiger partial charge is 0.497 e. The number of anilines is 2. The molecule has 1 aliphatic rings. The molecule has 35 heavy (non-hydrogen) atoms. The fraction of sp³-hybridized carbons (Fsp3) is 0.320. The molecule has 1 N–H and O–H groups in total. The highest BCUT2D eigenvalue weighted by Crippen LogP contribution is 2.35. The molecule has 1 aliphatic heterocycles. The fourth-order valence-electron chi connectivity index (χ4n) is 4.00. The first-order valence-electron chi connectivity index (χ1n) is 11.1. The first-order valence-corrected chi connectivity index (χ1v) is 11.1. The van der Waals surface area contributed by atoms with Crippen molar-refractivity contribution in [3.8, 4) is 22.8 Å². The van der Waals surface area contributed by atoms with Gasteiger partial charge in [-0.3, -0.25) is 4.79 Å². The summed E-state index contributed by atoms with van der Waals surface area (Å²) in [6.45, 7) is 1.16. The average molecular weight is 486 g/mol. The number of amides is 1. The number of hydrogen-bond acceptors (Lipinski definition) is 6. The third kappa shape index (κ3) is 5.64. The van der Waals surface area contributed by atoms with Crippen LogP contribution >= 0.6 is 0 Å². The highest BCUT2D eigenvalue weighted by atomic mass is 19.4. The lowest BCUT2D eigenvalue weighted by atomic mass is 9.95. The van der Waals surface area contributed by atoms with Gasteiger partial charge in [0.2, 0.25) is 5.91 Å². The Morgan fingerprint density at radius 2 is 1.69 bits per heavy atom. The van der Waals surface area contributed by atoms with Crippen LogP contribution in [0.1, 0.15) is 18.4 Å². The van der Waals surface area contributed by atoms with Crippen molar-refractivity contribution in [3.05, 3.63) is 60.2 Å². The number of alkyl halides is 3. The molecule has 1 saturated heterocycles. The first-order chi connectivity index (χ1) is 16.8. The van der Waals surface area contributed by atoms with E-state index in [0.29, 0.717) is 31.7 Å². The van der Waals surface area contributed by atoms with Crippen molar-refractivity contribution in [2.24, 2.45) is 5.92 Å². The van der Waals surface area contributed by atoms with Gasteiger partial charge in [0, 0.05) is 24.6 Å². The number of hydrogen-bond donors (Lipinski definition) is 1. The molecule has 0 unspecified atom stereocenters. The van der Waals surface area contributed by atoms with Crippen molar-refractivity contribution in [1.82, 2.24) is 10.2 Å². The van der Waals surface area contributed by atoms with Crippen LogP contribution in [0, 0.1) is 5.92 Å². The molecule has 0 bridgehead atoms. The summed E-state index contributed by atoms with van der Waals surface area (Å²) >= 11 is 0. The molecule has 1 aromatic heterocycles. The van der Waals surface area contributed by atoms with E-state index < -0.39 is 11.7 Å². The van der Waals surface area contributed by atoms with Crippen LogP contribution in [0.15, 0.2) is 54.6 Å². The summed E-state index contributed by atoms with van der Waals surface area (Å²) in [5.41, 5.74) is 0.820. The lowest BCUT2D eigenvalue weighted by Crippen LogP contribution is -2.38. The van der Waals surface area contributed by atoms with E-state index in [1.165, 1.54) is 13.2 Å². The van der Waals surface area contributed by atoms with Crippen LogP contribution in [-0.2, 0) is 11.0 Å². The number of ether oxygens (including phenoxy) is 2. The maximum Gasteiger partial charge on any atom is 0.416 e. The number of nitrogens with zero attached hydrogens (tertiary/aromatic N) is 3. The van der Waals surface area contributed by atoms with Crippen LogP contribution in [0.25, 0.3) is 11.3 Å². The van der Waals surface area contributed by atoms with E-state index in [-0.39, 0.29) is 23.3 Å². The van der Waals surface area contributed by atoms with Crippen LogP contribution < -0.4 is 19.7 Å². The lowest BCUT2D eigenvalue weighted by molar-refractivity contribution is -0.137. The molecule has 0 radical (unpaired) electrons. The Morgan fingerprint density at radius 1 is 0.971 bits per heavy atom. The van der Waals surface area contributed by atoms with Gasteiger partial charge >= 0.3 is 6.18 Å². The molecule has 1 amide bonds. The fourth-order valence-corrected chi connectivity index (χ4v) is 4.00. The second-order valence-corrected chi connectivity index (χ2v) is 8.17. The molecule has 184 valence electrons. The zero-order chi connectivity index (χ0) is 25.0. The summed E-state index contributed by atoms with van der Waals surface area (Å²) in [6, 6.07) is 14.3. The Hall–Kier alpha value is -3.82. The van der Waals surface area contributed by atoms with Gasteiger partial charge in [-0.15, -0.1) is 10.2 Å². The second kappa shape index (κ2) is 10.2. The van der Waals surface area contributed by atoms with Crippen LogP contribution in [0.5, 0.6) is 11.5 Å². The lowest BCUT2D eigenvalue weighted by Gasteiger charge is -2.32. The molecular weight excluding hydrogens is 461 g/mol. The second-order valence-electron chi connectivity index (χ2n) is 8.17. The number of benzene rings is 2. The first kappa shape index (κ1) is 24.3. The zero-order valence-electron chi connectivity index (χ0n) is 19.3. The minimum absolute atomic E-state index is 0.00902. The van der Waals surface area contributed by atoms with Crippen molar-refractivity contribution in [3.63, 3.8) is 0 Å². The Labute approximate surface area is 200 Å². The van der Waals surface area contributed by atoms with E-state index in [1.54, 1.807) is 7.11 Å². The van der Waals surface area contributed by atoms with Gasteiger partial charge in [0.25, 0.3) is 0 Å². The Morgan fingerprint density at radius 3 is 2.26 bits per heavy atom. The predicted octanol–water partition coefficient (Wildman–Crippen LogP) is 5.03. The third-order valence-electron chi connectivity index (χ3n) is 6.01. The van der Waals surface area contributed by atoms with Gasteiger partial charge in [0.05, 0.1) is 31.2 Å². The Kier molecular flexibility index (Phi) is 7.09. The molecule has 0 spiro atoms. The van der Waals surface area contributed by atoms with Crippen LogP contribution in [-0.4, -0.2) is 43.4 Å². The number of halogens is 3. The summed E-state index contributed by atoms with van der Waals surface area (Å²) in [4.78, 5) is 14.8. The van der Waals surface area contributed by atoms with Crippen molar-refractivity contribution in [1.29, 1.82) is 0 Å². The number of carbonyl (C=O) groups excluding carboxylic acids is 1. The highest BCUT2D eigenvalue weighted by Gasteiger charge is 2.32. The molecular formula is C25H25F3N4O3. The number of piperidine rings is 1. The molecule has 4 rings (SSSR count). The molecule has 0 atom stereocenters. The van der Waals surface area contributed by atoms with E-state index in [0.717, 1.165) is 29.1 Å². The highest BCUT2D eigenvalue weighted by molar-refractivity contribution is 5.94. The summed E-state index contributed by atoms with van der Waals surface area (Å²) in [7, 11) is 2.95. The van der Waals surface area contributed by atoms with Crippen molar-refractivity contribution >= 4 is 17.4 Å². The third-order valence-corrected chi connectivity index (χ3v) is 6.01. The maximum absolute atomic E-state index is 13.1. The minimum atomic E-state index is -4.51. The smallest absolute Gasteiger partial charge is 0.416 e. The van der Waals surface area contributed by atoms with Gasteiger partial charge in [-0.25, -0.2) is 0 Å². The zero-order valence-corrected chi connectivity index (χ0v) is 19.3. The Bertz CT molecular complexity index is 1160. The predicted molar refractivity (Wildman–Crippen MR) is 126 cm³/mol. The molecule has 0 saturated carbocycles. The SMILES string of the molecule is COc1ccc(-c2ccc(N3CCC(C(=O)Nc4cc(C(F)(F)F)ccc4OC)CC3)nn2)cc1. The van der Waals surface area contributed by atoms with Gasteiger partial charge in [-0.1, -0.05) is 0 Å². The monoisotopic (exact) mass is 486 g/mol. The van der Waals surface area contributed by atoms with Crippen molar-refractivity contribution in [2.75, 3.05) is 37.5 Å². The van der Waals surface area contributed by atoms with Crippen molar-refractivity contribution in [2.45, 2.75) is 19.0 Å². The Balaban J connectivity index is 1.37. The van der Waals surface area contributed by atoms with Gasteiger partial charge in [-0.2, -0.15) is 13.2 Å². The number of rotatable bonds is 6. The summed E-state index contributed by atoms with van der Waals surface area (Å²) in [5.74, 6) is 0.980. The van der Waals surface area contributed by atoms with E-state index >= 15 is 0 Å². The number of aromatic nitrogens is 2. The topological polar surface area (TPSA) is 76.6 Å². The van der Waals surface area contributed by atoms with E-state index in [1.807, 2.05) is 41.3 Å². The maximum atomic E-state index is 13.1. The van der Waals surface area contributed by atoms with E-state index in [2.05, 4.69) is 15.5 Å². The molecule has 1 fully saturated rings. The molecule has 2 heterocycles. The van der Waals surface area contributed by atoms with Gasteiger partial charge in [0.15, 0.2) is 5.82 Å². The van der Waals surface area contributed by atoms with Crippen LogP contribution in [0.3, 0.4) is 0 Å². The average Bonchev–Trinajstić information content (AvgIpc) is 2.88. The number of carbonyl (C=O) groups is 1. The van der Waals surface area contributed by atoms with Crippen molar-refractivity contribution < 1.29 is 27.4 Å². The molecule has 10 heteroatoms. The van der Waals surface area contributed by atoms with Crippen LogP contribution in [0.2, 0.25) is 0 Å². The van der Waals surface area contributed by atoms with Gasteiger partial charge in [0.1, 0.15) is 11.5 Å². The van der Waals surface area contributed by atoms with Crippen LogP contribution in [0.4, 0.5) is 24.7 Å². The summed E-state index contributed by atoms with van der Waals surface area (Å²) < 4.78 is 49.5. The number of methoxy groups -OCH3 is 2.